The van der Waals surface area contributed by atoms with Crippen molar-refractivity contribution < 1.29 is 24.1 Å². The molecule has 0 radical (unpaired) electrons. The van der Waals surface area contributed by atoms with E-state index in [1.807, 2.05) is 0 Å². The molecule has 10 nitrogen and oxygen atoms in total. The number of aromatic amines is 2. The minimum absolute atomic E-state index is 0.0468. The first-order valence-corrected chi connectivity index (χ1v) is 11.4. The Balaban J connectivity index is 1.84. The maximum atomic E-state index is 13.0. The molecule has 0 amide bonds. The zero-order valence-corrected chi connectivity index (χ0v) is 19.4. The third-order valence-electron chi connectivity index (χ3n) is 5.66. The highest BCUT2D eigenvalue weighted by atomic mass is 32.1. The number of hydrogen-bond acceptors (Lipinski definition) is 8. The van der Waals surface area contributed by atoms with Crippen molar-refractivity contribution in [2.75, 3.05) is 19.8 Å². The lowest BCUT2D eigenvalue weighted by molar-refractivity contribution is 0.0523. The molecule has 3 aromatic heterocycles. The number of nitrogens with one attached hydrogen (secondary N) is 2. The van der Waals surface area contributed by atoms with Crippen LogP contribution in [0, 0.1) is 6.92 Å². The Kier molecular flexibility index (Phi) is 5.20. The number of nitrogens with zero attached hydrogens (tertiary/aromatic N) is 1. The van der Waals surface area contributed by atoms with Crippen molar-refractivity contribution in [2.45, 2.75) is 13.8 Å². The largest absolute Gasteiger partial charge is 0.505 e. The predicted octanol–water partition coefficient (Wildman–Crippen LogP) is 2.91. The summed E-state index contributed by atoms with van der Waals surface area (Å²) in [6, 6.07) is 5.31. The molecule has 0 bridgehead atoms. The third-order valence-corrected chi connectivity index (χ3v) is 6.78. The Hall–Kier alpha value is -3.99. The van der Waals surface area contributed by atoms with E-state index in [1.54, 1.807) is 32.0 Å². The van der Waals surface area contributed by atoms with Gasteiger partial charge in [-0.1, -0.05) is 0 Å². The standard InChI is InChI=1S/C23H21N3O7S/c1-4-31-22(29)14-10(2)34-19(18(14)27)15-16-20(26(3)23(30)25-21(16)28)24-17(15)11-5-6-12-13(9-11)33-8-7-32-12/h5-6,9,24,27H,4,7-8H2,1-3H3,(H,25,28,30). The second-order valence-electron chi connectivity index (χ2n) is 7.71. The van der Waals surface area contributed by atoms with Crippen molar-refractivity contribution in [1.82, 2.24) is 14.5 Å². The average molecular weight is 484 g/mol. The Bertz CT molecular complexity index is 1570. The number of aryl methyl sites for hydroxylation is 2. The van der Waals surface area contributed by atoms with Crippen molar-refractivity contribution in [1.29, 1.82) is 0 Å². The summed E-state index contributed by atoms with van der Waals surface area (Å²) < 4.78 is 17.7. The molecule has 0 fully saturated rings. The summed E-state index contributed by atoms with van der Waals surface area (Å²) in [5.41, 5.74) is 0.609. The highest BCUT2D eigenvalue weighted by molar-refractivity contribution is 7.16. The van der Waals surface area contributed by atoms with Gasteiger partial charge in [0.15, 0.2) is 11.5 Å². The van der Waals surface area contributed by atoms with E-state index in [4.69, 9.17) is 14.2 Å². The molecule has 3 N–H and O–H groups in total. The minimum Gasteiger partial charge on any atom is -0.505 e. The second-order valence-corrected chi connectivity index (χ2v) is 8.93. The van der Waals surface area contributed by atoms with Gasteiger partial charge in [0.1, 0.15) is 30.2 Å². The molecule has 0 saturated heterocycles. The smallest absolute Gasteiger partial charge is 0.343 e. The first kappa shape index (κ1) is 21.8. The normalized spacial score (nSPS) is 12.8. The SMILES string of the molecule is CCOC(=O)c1c(C)sc(-c2c(-c3ccc4c(c3)OCCO4)[nH]c3c2c(=O)[nH]c(=O)n3C)c1O. The second kappa shape index (κ2) is 8.10. The van der Waals surface area contributed by atoms with Crippen molar-refractivity contribution >= 4 is 28.3 Å². The number of fused-ring (bicyclic) bond motifs is 2. The molecule has 4 aromatic rings. The molecule has 176 valence electrons. The zero-order chi connectivity index (χ0) is 24.1. The predicted molar refractivity (Wildman–Crippen MR) is 126 cm³/mol. The summed E-state index contributed by atoms with van der Waals surface area (Å²) >= 11 is 1.16. The molecule has 0 atom stereocenters. The highest BCUT2D eigenvalue weighted by Crippen LogP contribution is 2.48. The molecule has 0 aliphatic carbocycles. The van der Waals surface area contributed by atoms with Gasteiger partial charge in [-0.05, 0) is 32.0 Å². The molecule has 1 aromatic carbocycles. The molecule has 4 heterocycles. The number of ether oxygens (including phenoxy) is 3. The van der Waals surface area contributed by atoms with E-state index in [0.29, 0.717) is 51.3 Å². The van der Waals surface area contributed by atoms with E-state index < -0.39 is 17.2 Å². The summed E-state index contributed by atoms with van der Waals surface area (Å²) in [5.74, 6) is 0.197. The van der Waals surface area contributed by atoms with Crippen LogP contribution in [0.1, 0.15) is 22.2 Å². The van der Waals surface area contributed by atoms with E-state index >= 15 is 0 Å². The van der Waals surface area contributed by atoms with E-state index in [1.165, 1.54) is 11.6 Å². The number of aromatic nitrogens is 3. The minimum atomic E-state index is -0.651. The highest BCUT2D eigenvalue weighted by Gasteiger charge is 2.29. The topological polar surface area (TPSA) is 136 Å². The van der Waals surface area contributed by atoms with Crippen LogP contribution in [0.25, 0.3) is 32.7 Å². The van der Waals surface area contributed by atoms with Gasteiger partial charge in [-0.15, -0.1) is 11.3 Å². The van der Waals surface area contributed by atoms with Crippen LogP contribution < -0.4 is 20.7 Å². The van der Waals surface area contributed by atoms with Crippen LogP contribution in [0.15, 0.2) is 27.8 Å². The summed E-state index contributed by atoms with van der Waals surface area (Å²) in [7, 11) is 1.53. The number of esters is 1. The van der Waals surface area contributed by atoms with Crippen molar-refractivity contribution in [3.8, 4) is 38.9 Å². The fraction of sp³-hybridized carbons (Fsp3) is 0.261. The summed E-state index contributed by atoms with van der Waals surface area (Å²) in [5, 5.41) is 11.3. The molecule has 11 heteroatoms. The van der Waals surface area contributed by atoms with Gasteiger partial charge in [-0.3, -0.25) is 14.3 Å². The van der Waals surface area contributed by atoms with Crippen LogP contribution in [0.3, 0.4) is 0 Å². The van der Waals surface area contributed by atoms with Gasteiger partial charge in [-0.25, -0.2) is 9.59 Å². The molecule has 34 heavy (non-hydrogen) atoms. The molecular formula is C23H21N3O7S. The fourth-order valence-corrected chi connectivity index (χ4v) is 5.19. The van der Waals surface area contributed by atoms with Crippen LogP contribution >= 0.6 is 11.3 Å². The number of benzene rings is 1. The lowest BCUT2D eigenvalue weighted by atomic mass is 10.0. The van der Waals surface area contributed by atoms with Crippen LogP contribution in [-0.2, 0) is 11.8 Å². The Morgan fingerprint density at radius 3 is 2.68 bits per heavy atom. The number of carbonyl (C=O) groups is 1. The van der Waals surface area contributed by atoms with E-state index in [0.717, 1.165) is 11.3 Å². The Labute approximate surface area is 196 Å². The molecule has 1 aliphatic rings. The number of thiophene rings is 1. The van der Waals surface area contributed by atoms with Crippen LogP contribution in [0.4, 0.5) is 0 Å². The van der Waals surface area contributed by atoms with Crippen molar-refractivity contribution in [3.05, 3.63) is 49.5 Å². The van der Waals surface area contributed by atoms with Gasteiger partial charge in [0.25, 0.3) is 5.56 Å². The number of carbonyl (C=O) groups excluding carboxylic acids is 1. The van der Waals surface area contributed by atoms with E-state index in [9.17, 15) is 19.5 Å². The number of aromatic hydroxyl groups is 1. The lowest BCUT2D eigenvalue weighted by Gasteiger charge is -2.19. The molecular weight excluding hydrogens is 462 g/mol. The van der Waals surface area contributed by atoms with Crippen LogP contribution in [-0.4, -0.2) is 45.4 Å². The third kappa shape index (κ3) is 3.27. The van der Waals surface area contributed by atoms with Gasteiger partial charge in [-0.2, -0.15) is 0 Å². The number of H-pyrrole nitrogens is 2. The van der Waals surface area contributed by atoms with Gasteiger partial charge in [0.05, 0.1) is 22.6 Å². The summed E-state index contributed by atoms with van der Waals surface area (Å²) in [6.45, 7) is 4.37. The lowest BCUT2D eigenvalue weighted by Crippen LogP contribution is -2.28. The van der Waals surface area contributed by atoms with Crippen LogP contribution in [0.5, 0.6) is 17.2 Å². The van der Waals surface area contributed by atoms with E-state index in [-0.39, 0.29) is 29.0 Å². The molecule has 1 aliphatic heterocycles. The van der Waals surface area contributed by atoms with Gasteiger partial charge < -0.3 is 24.3 Å². The molecule has 5 rings (SSSR count). The Morgan fingerprint density at radius 1 is 1.21 bits per heavy atom. The monoisotopic (exact) mass is 483 g/mol. The summed E-state index contributed by atoms with van der Waals surface area (Å²) in [6.07, 6.45) is 0. The van der Waals surface area contributed by atoms with Gasteiger partial charge >= 0.3 is 11.7 Å². The number of rotatable bonds is 4. The Morgan fingerprint density at radius 2 is 1.94 bits per heavy atom. The maximum absolute atomic E-state index is 13.0. The quantitative estimate of drug-likeness (QED) is 0.380. The first-order chi connectivity index (χ1) is 16.3. The first-order valence-electron chi connectivity index (χ1n) is 10.6. The van der Waals surface area contributed by atoms with Gasteiger partial charge in [0.2, 0.25) is 0 Å². The fourth-order valence-electron chi connectivity index (χ4n) is 4.09. The summed E-state index contributed by atoms with van der Waals surface area (Å²) in [4.78, 5) is 44.0. The maximum Gasteiger partial charge on any atom is 0.343 e. The molecule has 0 unspecified atom stereocenters. The number of hydrogen-bond donors (Lipinski definition) is 3. The zero-order valence-electron chi connectivity index (χ0n) is 18.6. The molecule has 0 spiro atoms. The molecule has 0 saturated carbocycles. The van der Waals surface area contributed by atoms with Crippen molar-refractivity contribution in [3.63, 3.8) is 0 Å². The average Bonchev–Trinajstić information content (AvgIpc) is 3.35. The van der Waals surface area contributed by atoms with E-state index in [2.05, 4.69) is 9.97 Å². The van der Waals surface area contributed by atoms with Gasteiger partial charge in [0, 0.05) is 23.1 Å². The van der Waals surface area contributed by atoms with Crippen LogP contribution in [0.2, 0.25) is 0 Å². The van der Waals surface area contributed by atoms with Crippen molar-refractivity contribution in [2.24, 2.45) is 7.05 Å².